The van der Waals surface area contributed by atoms with Gasteiger partial charge in [0, 0.05) is 56.9 Å². The number of nitrogens with zero attached hydrogens (tertiary/aromatic N) is 4. The summed E-state index contributed by atoms with van der Waals surface area (Å²) >= 11 is 8.16. The van der Waals surface area contributed by atoms with Gasteiger partial charge < -0.3 is 19.6 Å². The number of para-hydroxylation sites is 2. The second-order valence-electron chi connectivity index (χ2n) is 46.8. The van der Waals surface area contributed by atoms with Crippen LogP contribution in [0.25, 0.3) is 0 Å². The van der Waals surface area contributed by atoms with Crippen LogP contribution in [0.3, 0.4) is 0 Å². The first-order chi connectivity index (χ1) is 55.3. The van der Waals surface area contributed by atoms with Crippen molar-refractivity contribution in [1.82, 2.24) is 0 Å². The molecule has 10 aromatic carbocycles. The van der Waals surface area contributed by atoms with E-state index in [9.17, 15) is 0 Å². The summed E-state index contributed by atoms with van der Waals surface area (Å²) < 4.78 is 0. The van der Waals surface area contributed by atoms with Gasteiger partial charge in [0.2, 0.25) is 0 Å². The number of halogens is 1. The van der Waals surface area contributed by atoms with Gasteiger partial charge in [-0.25, -0.2) is 0 Å². The van der Waals surface area contributed by atoms with E-state index in [1.165, 1.54) is 178 Å². The topological polar surface area (TPSA) is 13.0 Å². The van der Waals surface area contributed by atoms with E-state index >= 15 is 0 Å². The zero-order valence-electron chi connectivity index (χ0n) is 76.3. The smallest absolute Gasteiger partial charge is 0.252 e. The van der Waals surface area contributed by atoms with Gasteiger partial charge in [-0.2, -0.15) is 0 Å². The molecule has 20 rings (SSSR count). The molecule has 4 nitrogen and oxygen atoms in total. The number of rotatable bonds is 10. The zero-order chi connectivity index (χ0) is 83.9. The average Bonchev–Trinajstić information content (AvgIpc) is 0.689. The second-order valence-corrected chi connectivity index (χ2v) is 47.2. The molecule has 0 amide bonds. The summed E-state index contributed by atoms with van der Waals surface area (Å²) in [5, 5.41) is 0.764. The Hall–Kier alpha value is -8.25. The lowest BCUT2D eigenvalue weighted by molar-refractivity contribution is -0.00526. The van der Waals surface area contributed by atoms with E-state index in [1.54, 1.807) is 5.56 Å². The third-order valence-electron chi connectivity index (χ3n) is 29.5. The summed E-state index contributed by atoms with van der Waals surface area (Å²) in [6.45, 7) is 56.2. The fourth-order valence-electron chi connectivity index (χ4n) is 23.4. The molecular formula is C112H136BClN4. The van der Waals surface area contributed by atoms with Crippen molar-refractivity contribution in [3.8, 4) is 0 Å². The van der Waals surface area contributed by atoms with Crippen molar-refractivity contribution in [2.24, 2.45) is 35.5 Å². The molecule has 0 saturated heterocycles. The van der Waals surface area contributed by atoms with Crippen molar-refractivity contribution >= 4 is 103 Å². The molecule has 0 radical (unpaired) electrons. The van der Waals surface area contributed by atoms with Gasteiger partial charge in [-0.05, 0) is 348 Å². The van der Waals surface area contributed by atoms with Crippen LogP contribution in [0, 0.1) is 35.5 Å². The SMILES string of the molecule is CC(C)(C)c1ccc(N(c2ccc(C(C)(C)C)cc2)c2cc(C34CC5CC(CC(C5)C3)C4)cc(N(c3ccccc3)c3cc(C(C)(C)C)cc(C(C)(C)C)c3)c2Cl)cc1.CC(C)(C)c1ccc(N2c3ccc(C(C)(C)C)cc3B3c4ccccc4N(c4cc(C(C)(C)C)cc(C(C)(C)C)c4)c4cc(C56CC7CC(CC(C7)C5)C6)cc2c43)cc1. The van der Waals surface area contributed by atoms with E-state index in [1.807, 2.05) is 0 Å². The van der Waals surface area contributed by atoms with Crippen LogP contribution < -0.4 is 36.0 Å². The monoisotopic (exact) mass is 1580 g/mol. The van der Waals surface area contributed by atoms with E-state index in [0.29, 0.717) is 0 Å². The summed E-state index contributed by atoms with van der Waals surface area (Å²) in [7, 11) is 0. The fraction of sp³-hybridized carbons (Fsp3) is 0.464. The van der Waals surface area contributed by atoms with E-state index in [2.05, 4.69) is 392 Å². The molecule has 118 heavy (non-hydrogen) atoms. The number of benzene rings is 10. The Kier molecular flexibility index (Phi) is 20.2. The van der Waals surface area contributed by atoms with Gasteiger partial charge in [-0.15, -0.1) is 0 Å². The van der Waals surface area contributed by atoms with Gasteiger partial charge in [-0.3, -0.25) is 0 Å². The molecule has 8 fully saturated rings. The van der Waals surface area contributed by atoms with E-state index < -0.39 is 0 Å². The first-order valence-electron chi connectivity index (χ1n) is 45.4. The number of hydrogen-bond acceptors (Lipinski definition) is 4. The maximum Gasteiger partial charge on any atom is 0.252 e. The van der Waals surface area contributed by atoms with Crippen LogP contribution >= 0.6 is 11.6 Å². The number of hydrogen-bond donors (Lipinski definition) is 0. The molecule has 0 atom stereocenters. The van der Waals surface area contributed by atoms with E-state index in [0.717, 1.165) is 74.7 Å². The highest BCUT2D eigenvalue weighted by Crippen LogP contribution is 2.65. The van der Waals surface area contributed by atoms with Crippen LogP contribution in [0.1, 0.15) is 299 Å². The summed E-state index contributed by atoms with van der Waals surface area (Å²) in [5.74, 6) is 5.06. The minimum atomic E-state index is -0.0381. The highest BCUT2D eigenvalue weighted by atomic mass is 35.5. The Labute approximate surface area is 717 Å². The molecule has 0 spiro atoms. The highest BCUT2D eigenvalue weighted by Gasteiger charge is 2.55. The van der Waals surface area contributed by atoms with Crippen LogP contribution in [0.5, 0.6) is 0 Å². The Morgan fingerprint density at radius 2 is 0.602 bits per heavy atom. The molecule has 614 valence electrons. The van der Waals surface area contributed by atoms with E-state index in [4.69, 9.17) is 11.6 Å². The molecule has 8 saturated carbocycles. The normalized spacial score (nSPS) is 22.6. The van der Waals surface area contributed by atoms with Crippen molar-refractivity contribution in [2.45, 2.75) is 297 Å². The molecule has 10 aromatic rings. The minimum Gasteiger partial charge on any atom is -0.311 e. The first kappa shape index (κ1) is 82.1. The molecule has 10 aliphatic rings. The molecule has 0 aromatic heterocycles. The van der Waals surface area contributed by atoms with Gasteiger partial charge in [0.1, 0.15) is 0 Å². The molecule has 8 aliphatic carbocycles. The highest BCUT2D eigenvalue weighted by molar-refractivity contribution is 7.00. The predicted molar refractivity (Wildman–Crippen MR) is 511 cm³/mol. The summed E-state index contributed by atoms with van der Waals surface area (Å²) in [6, 6.07) is 81.2. The molecule has 2 aliphatic heterocycles. The third-order valence-corrected chi connectivity index (χ3v) is 29.9. The molecule has 2 heterocycles. The molecular weight excluding hydrogens is 1450 g/mol. The second kappa shape index (κ2) is 29.0. The van der Waals surface area contributed by atoms with Crippen molar-refractivity contribution in [2.75, 3.05) is 19.6 Å². The molecule has 0 N–H and O–H groups in total. The van der Waals surface area contributed by atoms with Crippen LogP contribution in [0.2, 0.25) is 5.02 Å². The number of fused-ring (bicyclic) bond motifs is 4. The molecule has 6 heteroatoms. The average molecular weight is 1580 g/mol. The van der Waals surface area contributed by atoms with Crippen LogP contribution in [-0.4, -0.2) is 6.71 Å². The van der Waals surface area contributed by atoms with Crippen molar-refractivity contribution < 1.29 is 0 Å². The Bertz CT molecular complexity index is 5210. The number of anilines is 12. The van der Waals surface area contributed by atoms with Crippen molar-refractivity contribution in [3.63, 3.8) is 0 Å². The predicted octanol–water partition coefficient (Wildman–Crippen LogP) is 30.4. The lowest BCUT2D eigenvalue weighted by atomic mass is 9.33. The van der Waals surface area contributed by atoms with Crippen molar-refractivity contribution in [3.05, 3.63) is 267 Å². The van der Waals surface area contributed by atoms with Crippen molar-refractivity contribution in [1.29, 1.82) is 0 Å². The summed E-state index contributed by atoms with van der Waals surface area (Å²) in [4.78, 5) is 10.3. The van der Waals surface area contributed by atoms with Gasteiger partial charge in [0.05, 0.1) is 16.4 Å². The van der Waals surface area contributed by atoms with Crippen LogP contribution in [0.4, 0.5) is 68.2 Å². The van der Waals surface area contributed by atoms with Gasteiger partial charge in [0.15, 0.2) is 0 Å². The minimum absolute atomic E-state index is 0.00658. The maximum atomic E-state index is 8.16. The third kappa shape index (κ3) is 15.3. The van der Waals surface area contributed by atoms with Gasteiger partial charge in [-0.1, -0.05) is 275 Å². The Balaban J connectivity index is 0.000000169. The maximum absolute atomic E-state index is 8.16. The van der Waals surface area contributed by atoms with E-state index in [-0.39, 0.29) is 60.9 Å². The molecule has 8 bridgehead atoms. The zero-order valence-corrected chi connectivity index (χ0v) is 77.1. The lowest BCUT2D eigenvalue weighted by Gasteiger charge is -2.57. The Morgan fingerprint density at radius 3 is 1.00 bits per heavy atom. The van der Waals surface area contributed by atoms with Gasteiger partial charge >= 0.3 is 0 Å². The lowest BCUT2D eigenvalue weighted by Crippen LogP contribution is -2.61. The first-order valence-corrected chi connectivity index (χ1v) is 45.8. The van der Waals surface area contributed by atoms with Crippen LogP contribution in [-0.2, 0) is 54.1 Å². The summed E-state index contributed by atoms with van der Waals surface area (Å²) in [6.07, 6.45) is 16.4. The Morgan fingerprint density at radius 1 is 0.280 bits per heavy atom. The fourth-order valence-corrected chi connectivity index (χ4v) is 23.7. The quantitative estimate of drug-likeness (QED) is 0.127. The van der Waals surface area contributed by atoms with Gasteiger partial charge in [0.25, 0.3) is 6.71 Å². The standard InChI is InChI=1S/C56H67BN2.C56H69ClN2/c1-52(2,3)38-17-20-43(21-18-38)58-48-22-19-39(53(4,5)6)29-46(48)57-45-15-13-14-16-47(45)59(44-27-40(54(7,8)9)26-41(28-44)55(10,11)12)50-31-42(30-49(58)51(50)57)56-32-35-23-36(33-56)25-37(24-35)34-56;1-52(2,3)40-18-22-46(23-19-40)58(47-24-20-41(21-25-47)53(4,5)6)49-32-44(56-34-37-26-38(35-56)28-39(27-37)36-56)33-50(51(49)57)59(45-16-14-13-15-17-45)48-30-42(54(7,8)9)29-43(31-48)55(10,11)12/h13-22,26-31,35-37H,23-25,32-34H2,1-12H3;13-25,29-33,37-39H,26-28,34-36H2,1-12H3. The molecule has 0 unspecified atom stereocenters. The summed E-state index contributed by atoms with van der Waals surface area (Å²) in [5.41, 5.74) is 33.2. The van der Waals surface area contributed by atoms with Crippen LogP contribution in [0.15, 0.2) is 206 Å². The largest absolute Gasteiger partial charge is 0.311 e.